The lowest BCUT2D eigenvalue weighted by atomic mass is 9.82. The zero-order valence-electron chi connectivity index (χ0n) is 32.6. The Kier molecular flexibility index (Phi) is 11.3. The van der Waals surface area contributed by atoms with Crippen LogP contribution in [0.3, 0.4) is 0 Å². The van der Waals surface area contributed by atoms with Crippen LogP contribution in [0.4, 0.5) is 40.3 Å². The number of aromatic nitrogens is 4. The Morgan fingerprint density at radius 2 is 1.44 bits per heavy atom. The number of carboxylic acids is 3. The number of benzene rings is 5. The van der Waals surface area contributed by atoms with Crippen LogP contribution in [0, 0.1) is 6.57 Å². The Morgan fingerprint density at radius 1 is 0.742 bits per heavy atom. The number of carbonyl (C=O) groups excluding carboxylic acids is 1. The molecule has 1 aliphatic carbocycles. The van der Waals surface area contributed by atoms with Crippen molar-refractivity contribution in [2.75, 3.05) is 16.0 Å². The van der Waals surface area contributed by atoms with Gasteiger partial charge in [-0.1, -0.05) is 41.4 Å². The van der Waals surface area contributed by atoms with E-state index in [0.717, 1.165) is 34.9 Å². The monoisotopic (exact) mass is 932 g/mol. The molecule has 0 bridgehead atoms. The fourth-order valence-corrected chi connectivity index (χ4v) is 8.46. The average molecular weight is 933 g/mol. The van der Waals surface area contributed by atoms with Gasteiger partial charge in [-0.3, -0.25) is 23.7 Å². The molecule has 8 rings (SSSR count). The molecule has 0 saturated heterocycles. The second-order valence-corrected chi connectivity index (χ2v) is 15.8. The molecule has 330 valence electrons. The standard InChI is InChI=1S/C41H24N8O15S2/c1-42-33-30-18-6-2-3-7-19(18)34(50)31-24(12-13-27(32(30)31)49(35(33)51)17-10-11-20(36(52)53)22(14-17)38(56)57)43-25-15-26(29(66(60,61)62)16-28(25)65-64-63-59)45-40-46-39(47-41(58)48-40)44-23-9-5-4-8-21(23)37(54)55/h2-16,43,59H,(H,52,53)(H,54,55)(H,56,57)(H,60,61,62)(H3,44,45,46,47,48,58). The van der Waals surface area contributed by atoms with E-state index in [1.54, 1.807) is 12.1 Å². The van der Waals surface area contributed by atoms with Crippen LogP contribution in [0.1, 0.15) is 47.0 Å². The first-order valence-corrected chi connectivity index (χ1v) is 20.5. The number of carboxylic acid groups (broad SMARTS) is 3. The number of pyridine rings is 1. The molecule has 2 aromatic heterocycles. The van der Waals surface area contributed by atoms with Crippen LogP contribution in [0.25, 0.3) is 32.6 Å². The normalized spacial score (nSPS) is 11.7. The van der Waals surface area contributed by atoms with E-state index in [-0.39, 0.29) is 78.4 Å². The van der Waals surface area contributed by atoms with Crippen LogP contribution in [-0.4, -0.2) is 76.8 Å². The summed E-state index contributed by atoms with van der Waals surface area (Å²) in [6.07, 6.45) is 0. The average Bonchev–Trinajstić information content (AvgIpc) is 3.27. The minimum atomic E-state index is -5.18. The summed E-state index contributed by atoms with van der Waals surface area (Å²) < 4.78 is 41.6. The van der Waals surface area contributed by atoms with Gasteiger partial charge in [-0.25, -0.2) is 29.3 Å². The van der Waals surface area contributed by atoms with Crippen molar-refractivity contribution in [3.8, 4) is 16.8 Å². The van der Waals surface area contributed by atoms with Crippen molar-refractivity contribution in [3.05, 3.63) is 151 Å². The van der Waals surface area contributed by atoms with Crippen LogP contribution in [0.15, 0.2) is 110 Å². The molecule has 5 aromatic carbocycles. The highest BCUT2D eigenvalue weighted by Crippen LogP contribution is 2.47. The maximum absolute atomic E-state index is 14.7. The first kappa shape index (κ1) is 43.9. The van der Waals surface area contributed by atoms with E-state index in [2.05, 4.69) is 45.1 Å². The van der Waals surface area contributed by atoms with E-state index in [1.807, 2.05) is 0 Å². The highest BCUT2D eigenvalue weighted by atomic mass is 32.2. The first-order chi connectivity index (χ1) is 31.5. The van der Waals surface area contributed by atoms with E-state index < -0.39 is 84.4 Å². The SMILES string of the molecule is [C-]#[N+]c1c2c3c(c(Nc4cc(Nc5nc(Nc6ccccc6C(=O)O)nc(=O)[nH]5)c(S(=O)(=O)O)cc4SOOO)ccc3n(-c3ccc(C(=O)O)c(C(=O)O)c3)c1=O)C(=O)c1ccccc1-2. The number of rotatable bonds is 14. The predicted molar refractivity (Wildman–Crippen MR) is 231 cm³/mol. The molecule has 0 saturated carbocycles. The Labute approximate surface area is 371 Å². The Hall–Kier alpha value is -8.77. The molecule has 0 aliphatic heterocycles. The van der Waals surface area contributed by atoms with E-state index in [0.29, 0.717) is 0 Å². The van der Waals surface area contributed by atoms with Crippen molar-refractivity contribution in [1.29, 1.82) is 0 Å². The van der Waals surface area contributed by atoms with Gasteiger partial charge >= 0.3 is 23.6 Å². The largest absolute Gasteiger partial charge is 0.478 e. The molecule has 23 nitrogen and oxygen atoms in total. The van der Waals surface area contributed by atoms with Crippen molar-refractivity contribution in [2.45, 2.75) is 9.79 Å². The van der Waals surface area contributed by atoms with E-state index in [1.165, 1.54) is 48.5 Å². The van der Waals surface area contributed by atoms with Crippen molar-refractivity contribution in [2.24, 2.45) is 0 Å². The smallest absolute Gasteiger partial charge is 0.351 e. The van der Waals surface area contributed by atoms with Gasteiger partial charge in [-0.15, -0.1) is 4.33 Å². The molecule has 0 amide bonds. The molecule has 0 atom stereocenters. The van der Waals surface area contributed by atoms with Gasteiger partial charge in [-0.2, -0.15) is 18.4 Å². The number of hydrogen-bond donors (Lipinski definition) is 9. The number of anilines is 6. The molecule has 66 heavy (non-hydrogen) atoms. The maximum Gasteiger partial charge on any atom is 0.351 e. The summed E-state index contributed by atoms with van der Waals surface area (Å²) in [5.41, 5.74) is -4.76. The number of nitrogens with zero attached hydrogens (tertiary/aromatic N) is 4. The molecular formula is C41H24N8O15S2. The summed E-state index contributed by atoms with van der Waals surface area (Å²) in [4.78, 5) is 90.0. The number of nitrogens with one attached hydrogen (secondary N) is 4. The zero-order chi connectivity index (χ0) is 47.2. The van der Waals surface area contributed by atoms with Crippen LogP contribution in [0.5, 0.6) is 0 Å². The summed E-state index contributed by atoms with van der Waals surface area (Å²) in [6.45, 7) is 8.13. The number of ketones is 1. The number of aromatic amines is 1. The summed E-state index contributed by atoms with van der Waals surface area (Å²) in [5, 5.41) is 50.1. The van der Waals surface area contributed by atoms with Crippen molar-refractivity contribution in [3.63, 3.8) is 0 Å². The maximum atomic E-state index is 14.7. The van der Waals surface area contributed by atoms with Gasteiger partial charge < -0.3 is 31.3 Å². The molecule has 9 N–H and O–H groups in total. The minimum Gasteiger partial charge on any atom is -0.478 e. The molecule has 0 radical (unpaired) electrons. The van der Waals surface area contributed by atoms with Crippen LogP contribution in [-0.2, 0) is 19.5 Å². The van der Waals surface area contributed by atoms with Gasteiger partial charge in [0.15, 0.2) is 5.78 Å². The number of H-pyrrole nitrogens is 1. The highest BCUT2D eigenvalue weighted by Gasteiger charge is 2.34. The highest BCUT2D eigenvalue weighted by molar-refractivity contribution is 7.94. The molecule has 1 aliphatic rings. The topological polar surface area (TPSA) is 343 Å². The van der Waals surface area contributed by atoms with Crippen molar-refractivity contribution in [1.82, 2.24) is 19.5 Å². The third-order valence-corrected chi connectivity index (χ3v) is 11.4. The lowest BCUT2D eigenvalue weighted by molar-refractivity contribution is -0.432. The van der Waals surface area contributed by atoms with Crippen LogP contribution >= 0.6 is 12.0 Å². The molecule has 0 unspecified atom stereocenters. The fourth-order valence-electron chi connectivity index (χ4n) is 7.26. The minimum absolute atomic E-state index is 0.00796. The van der Waals surface area contributed by atoms with Gasteiger partial charge in [-0.05, 0) is 60.2 Å². The van der Waals surface area contributed by atoms with Crippen molar-refractivity contribution < 1.29 is 62.1 Å². The third kappa shape index (κ3) is 7.92. The van der Waals surface area contributed by atoms with Gasteiger partial charge in [0, 0.05) is 22.2 Å². The van der Waals surface area contributed by atoms with Gasteiger partial charge in [0.05, 0.1) is 74.0 Å². The number of para-hydroxylation sites is 1. The Morgan fingerprint density at radius 3 is 2.12 bits per heavy atom. The predicted octanol–water partition coefficient (Wildman–Crippen LogP) is 6.23. The van der Waals surface area contributed by atoms with E-state index in [9.17, 15) is 57.1 Å². The molecule has 0 fully saturated rings. The molecule has 25 heteroatoms. The molecule has 0 spiro atoms. The molecule has 7 aromatic rings. The number of carbonyl (C=O) groups is 4. The lowest BCUT2D eigenvalue weighted by Gasteiger charge is -2.26. The second kappa shape index (κ2) is 17.1. The van der Waals surface area contributed by atoms with Gasteiger partial charge in [0.1, 0.15) is 4.90 Å². The molecule has 2 heterocycles. The Bertz CT molecular complexity index is 3570. The second-order valence-electron chi connectivity index (χ2n) is 13.7. The Balaban J connectivity index is 1.33. The first-order valence-electron chi connectivity index (χ1n) is 18.3. The molecular weight excluding hydrogens is 909 g/mol. The number of fused-ring (bicyclic) bond motifs is 2. The van der Waals surface area contributed by atoms with E-state index in [4.69, 9.17) is 11.8 Å². The summed E-state index contributed by atoms with van der Waals surface area (Å²) >= 11 is 0.220. The number of aromatic carboxylic acids is 3. The quantitative estimate of drug-likeness (QED) is 0.0192. The van der Waals surface area contributed by atoms with Gasteiger partial charge in [0.25, 0.3) is 21.4 Å². The summed E-state index contributed by atoms with van der Waals surface area (Å²) in [7, 11) is -5.18. The third-order valence-electron chi connectivity index (χ3n) is 9.91. The van der Waals surface area contributed by atoms with Crippen LogP contribution in [0.2, 0.25) is 0 Å². The van der Waals surface area contributed by atoms with Crippen LogP contribution < -0.4 is 27.2 Å². The lowest BCUT2D eigenvalue weighted by Crippen LogP contribution is -2.23. The zero-order valence-corrected chi connectivity index (χ0v) is 34.2. The van der Waals surface area contributed by atoms with Crippen molar-refractivity contribution >= 4 is 97.1 Å². The van der Waals surface area contributed by atoms with Gasteiger partial charge in [0.2, 0.25) is 11.9 Å². The van der Waals surface area contributed by atoms with E-state index >= 15 is 0 Å². The summed E-state index contributed by atoms with van der Waals surface area (Å²) in [5.74, 6) is -6.10. The summed E-state index contributed by atoms with van der Waals surface area (Å²) in [6, 6.07) is 19.3. The fraction of sp³-hybridized carbons (Fsp3) is 0. The number of hydrogen-bond acceptors (Lipinski definition) is 17.